The Morgan fingerprint density at radius 2 is 2.11 bits per heavy atom. The van der Waals surface area contributed by atoms with Crippen LogP contribution in [-0.4, -0.2) is 37.3 Å². The van der Waals surface area contributed by atoms with E-state index >= 15 is 0 Å². The molecule has 0 unspecified atom stereocenters. The summed E-state index contributed by atoms with van der Waals surface area (Å²) in [6.07, 6.45) is 5.44. The Labute approximate surface area is 107 Å². The van der Waals surface area contributed by atoms with Crippen LogP contribution in [-0.2, 0) is 0 Å². The number of nitrogens with zero attached hydrogens (tertiary/aromatic N) is 1. The highest BCUT2D eigenvalue weighted by molar-refractivity contribution is 5.90. The summed E-state index contributed by atoms with van der Waals surface area (Å²) in [7, 11) is 0. The first-order valence-corrected chi connectivity index (χ1v) is 5.93. The van der Waals surface area contributed by atoms with Gasteiger partial charge < -0.3 is 15.3 Å². The second-order valence-electron chi connectivity index (χ2n) is 4.35. The Morgan fingerprint density at radius 1 is 1.44 bits per heavy atom. The summed E-state index contributed by atoms with van der Waals surface area (Å²) >= 11 is 0. The molecule has 1 aliphatic heterocycles. The molecule has 1 fully saturated rings. The molecule has 1 heterocycles. The van der Waals surface area contributed by atoms with E-state index in [0.29, 0.717) is 5.56 Å². The molecule has 1 saturated heterocycles. The second-order valence-corrected chi connectivity index (χ2v) is 4.35. The van der Waals surface area contributed by atoms with E-state index < -0.39 is 5.97 Å². The summed E-state index contributed by atoms with van der Waals surface area (Å²) < 4.78 is 0. The van der Waals surface area contributed by atoms with Crippen molar-refractivity contribution in [2.45, 2.75) is 6.92 Å². The Morgan fingerprint density at radius 3 is 2.67 bits per heavy atom. The number of carboxylic acids is 1. The smallest absolute Gasteiger partial charge is 0.335 e. The summed E-state index contributed by atoms with van der Waals surface area (Å²) in [6, 6.07) is 3.27. The van der Waals surface area contributed by atoms with Gasteiger partial charge in [0, 0.05) is 37.4 Å². The average molecular weight is 244 g/mol. The molecule has 0 radical (unpaired) electrons. The van der Waals surface area contributed by atoms with E-state index in [4.69, 9.17) is 11.5 Å². The summed E-state index contributed by atoms with van der Waals surface area (Å²) in [5.74, 6) is 1.62. The molecular formula is C14H16N2O2. The summed E-state index contributed by atoms with van der Waals surface area (Å²) in [4.78, 5) is 13.3. The number of nitrogens with one attached hydrogen (secondary N) is 1. The molecule has 1 aromatic rings. The monoisotopic (exact) mass is 244 g/mol. The third-order valence-corrected chi connectivity index (χ3v) is 3.24. The lowest BCUT2D eigenvalue weighted by Crippen LogP contribution is -2.43. The van der Waals surface area contributed by atoms with E-state index in [-0.39, 0.29) is 5.56 Å². The fourth-order valence-electron chi connectivity index (χ4n) is 2.21. The van der Waals surface area contributed by atoms with Gasteiger partial charge in [0.05, 0.1) is 5.56 Å². The van der Waals surface area contributed by atoms with Crippen LogP contribution in [0, 0.1) is 19.3 Å². The first kappa shape index (κ1) is 12.5. The lowest BCUT2D eigenvalue weighted by molar-refractivity contribution is 0.0697. The van der Waals surface area contributed by atoms with Crippen molar-refractivity contribution in [3.05, 3.63) is 28.8 Å². The molecule has 2 rings (SSSR count). The van der Waals surface area contributed by atoms with Crippen LogP contribution in [0.5, 0.6) is 0 Å². The van der Waals surface area contributed by atoms with Crippen LogP contribution in [0.3, 0.4) is 0 Å². The van der Waals surface area contributed by atoms with E-state index in [9.17, 15) is 4.79 Å². The van der Waals surface area contributed by atoms with Crippen molar-refractivity contribution >= 4 is 11.7 Å². The largest absolute Gasteiger partial charge is 0.478 e. The first-order valence-electron chi connectivity index (χ1n) is 5.93. The van der Waals surface area contributed by atoms with Crippen LogP contribution in [0.25, 0.3) is 0 Å². The highest BCUT2D eigenvalue weighted by Gasteiger charge is 2.17. The van der Waals surface area contributed by atoms with E-state index in [1.54, 1.807) is 12.1 Å². The maximum atomic E-state index is 11.1. The van der Waals surface area contributed by atoms with Gasteiger partial charge in [0.15, 0.2) is 0 Å². The molecule has 1 aromatic carbocycles. The van der Waals surface area contributed by atoms with Gasteiger partial charge in [-0.2, -0.15) is 0 Å². The van der Waals surface area contributed by atoms with Crippen LogP contribution in [0.2, 0.25) is 0 Å². The Balaban J connectivity index is 2.47. The van der Waals surface area contributed by atoms with E-state index in [2.05, 4.69) is 16.1 Å². The van der Waals surface area contributed by atoms with Crippen molar-refractivity contribution in [1.82, 2.24) is 5.32 Å². The number of rotatable bonds is 2. The first-order chi connectivity index (χ1) is 8.63. The minimum absolute atomic E-state index is 0.252. The minimum atomic E-state index is -0.942. The Bertz CT molecular complexity index is 511. The summed E-state index contributed by atoms with van der Waals surface area (Å²) in [6.45, 7) is 5.49. The normalized spacial score (nSPS) is 15.2. The van der Waals surface area contributed by atoms with Crippen molar-refractivity contribution in [2.24, 2.45) is 0 Å². The van der Waals surface area contributed by atoms with Crippen molar-refractivity contribution in [2.75, 3.05) is 31.1 Å². The van der Waals surface area contributed by atoms with Crippen LogP contribution in [0.1, 0.15) is 21.5 Å². The standard InChI is InChI=1S/C14H16N2O2/c1-3-11-8-12(14(17)18)9-13(10(11)2)16-6-4-15-5-7-16/h1,8-9,15H,4-7H2,2H3,(H,17,18). The van der Waals surface area contributed by atoms with E-state index in [0.717, 1.165) is 37.4 Å². The minimum Gasteiger partial charge on any atom is -0.478 e. The van der Waals surface area contributed by atoms with Gasteiger partial charge in [-0.05, 0) is 24.6 Å². The SMILES string of the molecule is C#Cc1cc(C(=O)O)cc(N2CCNCC2)c1C. The van der Waals surface area contributed by atoms with Gasteiger partial charge in [0.1, 0.15) is 0 Å². The molecule has 1 aliphatic rings. The lowest BCUT2D eigenvalue weighted by atomic mass is 10.0. The highest BCUT2D eigenvalue weighted by Crippen LogP contribution is 2.25. The zero-order valence-corrected chi connectivity index (χ0v) is 10.4. The van der Waals surface area contributed by atoms with Crippen molar-refractivity contribution < 1.29 is 9.90 Å². The maximum Gasteiger partial charge on any atom is 0.335 e. The van der Waals surface area contributed by atoms with Gasteiger partial charge in [-0.25, -0.2) is 4.79 Å². The topological polar surface area (TPSA) is 52.6 Å². The van der Waals surface area contributed by atoms with Gasteiger partial charge in [-0.15, -0.1) is 6.42 Å². The maximum absolute atomic E-state index is 11.1. The number of hydrogen-bond acceptors (Lipinski definition) is 3. The van der Waals surface area contributed by atoms with E-state index in [1.807, 2.05) is 6.92 Å². The number of hydrogen-bond donors (Lipinski definition) is 2. The average Bonchev–Trinajstić information content (AvgIpc) is 2.39. The number of piperazine rings is 1. The number of benzene rings is 1. The zero-order valence-electron chi connectivity index (χ0n) is 10.4. The van der Waals surface area contributed by atoms with Crippen LogP contribution in [0.15, 0.2) is 12.1 Å². The zero-order chi connectivity index (χ0) is 13.1. The van der Waals surface area contributed by atoms with Gasteiger partial charge in [0.2, 0.25) is 0 Å². The van der Waals surface area contributed by atoms with Crippen molar-refractivity contribution in [3.63, 3.8) is 0 Å². The fraction of sp³-hybridized carbons (Fsp3) is 0.357. The predicted molar refractivity (Wildman–Crippen MR) is 71.2 cm³/mol. The number of carboxylic acid groups (broad SMARTS) is 1. The lowest BCUT2D eigenvalue weighted by Gasteiger charge is -2.31. The molecule has 4 heteroatoms. The van der Waals surface area contributed by atoms with Crippen molar-refractivity contribution in [3.8, 4) is 12.3 Å². The molecule has 0 aromatic heterocycles. The summed E-state index contributed by atoms with van der Waals surface area (Å²) in [5, 5.41) is 12.4. The van der Waals surface area contributed by atoms with Gasteiger partial charge in [-0.3, -0.25) is 0 Å². The molecule has 0 saturated carbocycles. The van der Waals surface area contributed by atoms with Crippen LogP contribution >= 0.6 is 0 Å². The fourth-order valence-corrected chi connectivity index (χ4v) is 2.21. The molecule has 2 N–H and O–H groups in total. The number of aromatic carboxylic acids is 1. The van der Waals surface area contributed by atoms with Gasteiger partial charge >= 0.3 is 5.97 Å². The third-order valence-electron chi connectivity index (χ3n) is 3.24. The molecule has 94 valence electrons. The molecular weight excluding hydrogens is 228 g/mol. The van der Waals surface area contributed by atoms with E-state index in [1.165, 1.54) is 0 Å². The third kappa shape index (κ3) is 2.31. The molecule has 18 heavy (non-hydrogen) atoms. The number of terminal acetylenes is 1. The summed E-state index contributed by atoms with van der Waals surface area (Å²) in [5.41, 5.74) is 2.82. The molecule has 0 amide bonds. The molecule has 4 nitrogen and oxygen atoms in total. The molecule has 0 atom stereocenters. The van der Waals surface area contributed by atoms with Crippen molar-refractivity contribution in [1.29, 1.82) is 0 Å². The quantitative estimate of drug-likeness (QED) is 0.765. The molecule has 0 spiro atoms. The Kier molecular flexibility index (Phi) is 3.54. The van der Waals surface area contributed by atoms with Gasteiger partial charge in [0.25, 0.3) is 0 Å². The number of carbonyl (C=O) groups is 1. The molecule has 0 bridgehead atoms. The second kappa shape index (κ2) is 5.11. The van der Waals surface area contributed by atoms with Crippen LogP contribution < -0.4 is 10.2 Å². The predicted octanol–water partition coefficient (Wildman–Crippen LogP) is 1.08. The number of anilines is 1. The van der Waals surface area contributed by atoms with Gasteiger partial charge in [-0.1, -0.05) is 5.92 Å². The Hall–Kier alpha value is -1.99. The van der Waals surface area contributed by atoms with Crippen LogP contribution in [0.4, 0.5) is 5.69 Å². The molecule has 0 aliphatic carbocycles. The highest BCUT2D eigenvalue weighted by atomic mass is 16.4.